The number of para-hydroxylation sites is 1. The Morgan fingerprint density at radius 3 is 2.32 bits per heavy atom. The van der Waals surface area contributed by atoms with Gasteiger partial charge in [-0.25, -0.2) is 0 Å². The Hall–Kier alpha value is -2.10. The van der Waals surface area contributed by atoms with Gasteiger partial charge in [-0.1, -0.05) is 31.5 Å². The molecule has 2 amide bonds. The molecule has 0 saturated heterocycles. The van der Waals surface area contributed by atoms with Gasteiger partial charge in [-0.05, 0) is 25.0 Å². The van der Waals surface area contributed by atoms with E-state index >= 15 is 0 Å². The number of carbonyl (C=O) groups is 2. The third-order valence-corrected chi connectivity index (χ3v) is 3.09. The van der Waals surface area contributed by atoms with Crippen molar-refractivity contribution in [3.05, 3.63) is 42.5 Å². The highest BCUT2D eigenvalue weighted by atomic mass is 16.2. The van der Waals surface area contributed by atoms with Crippen molar-refractivity contribution in [2.75, 3.05) is 5.32 Å². The molecule has 1 heterocycles. The van der Waals surface area contributed by atoms with Crippen molar-refractivity contribution in [3.63, 3.8) is 0 Å². The maximum Gasteiger partial charge on any atom is 0.255 e. The highest BCUT2D eigenvalue weighted by Gasteiger charge is 2.30. The van der Waals surface area contributed by atoms with Gasteiger partial charge in [-0.15, -0.1) is 0 Å². The van der Waals surface area contributed by atoms with E-state index in [4.69, 9.17) is 0 Å². The lowest BCUT2D eigenvalue weighted by molar-refractivity contribution is -0.139. The number of anilines is 1. The molecule has 19 heavy (non-hydrogen) atoms. The van der Waals surface area contributed by atoms with Gasteiger partial charge in [0.1, 0.15) is 6.17 Å². The molecule has 1 unspecified atom stereocenters. The minimum absolute atomic E-state index is 0.241. The summed E-state index contributed by atoms with van der Waals surface area (Å²) < 4.78 is 0. The molecule has 2 rings (SSSR count). The molecule has 1 atom stereocenters. The summed E-state index contributed by atoms with van der Waals surface area (Å²) in [5, 5.41) is 3.26. The third kappa shape index (κ3) is 3.22. The molecule has 4 nitrogen and oxygen atoms in total. The second-order valence-corrected chi connectivity index (χ2v) is 4.55. The zero-order chi connectivity index (χ0) is 13.7. The second kappa shape index (κ2) is 6.18. The largest absolute Gasteiger partial charge is 0.365 e. The number of rotatable bonds is 6. The molecule has 1 aliphatic heterocycles. The van der Waals surface area contributed by atoms with Crippen LogP contribution in [0.2, 0.25) is 0 Å². The molecule has 100 valence electrons. The van der Waals surface area contributed by atoms with Crippen LogP contribution in [-0.2, 0) is 9.59 Å². The molecule has 1 N–H and O–H groups in total. The quantitative estimate of drug-likeness (QED) is 0.798. The van der Waals surface area contributed by atoms with Crippen LogP contribution in [0.4, 0.5) is 5.69 Å². The van der Waals surface area contributed by atoms with Crippen molar-refractivity contribution in [1.29, 1.82) is 0 Å². The normalized spacial score (nSPS) is 15.9. The smallest absolute Gasteiger partial charge is 0.255 e. The van der Waals surface area contributed by atoms with E-state index in [-0.39, 0.29) is 18.0 Å². The zero-order valence-electron chi connectivity index (χ0n) is 11.0. The Labute approximate surface area is 113 Å². The number of hydrogen-bond acceptors (Lipinski definition) is 3. The maximum atomic E-state index is 11.8. The van der Waals surface area contributed by atoms with E-state index in [9.17, 15) is 9.59 Å². The molecule has 0 aliphatic carbocycles. The minimum atomic E-state index is -0.280. The molecule has 4 heteroatoms. The van der Waals surface area contributed by atoms with Crippen molar-refractivity contribution < 1.29 is 9.59 Å². The van der Waals surface area contributed by atoms with Gasteiger partial charge in [0.15, 0.2) is 0 Å². The molecular weight excluding hydrogens is 240 g/mol. The number of carbonyl (C=O) groups excluding carboxylic acids is 2. The summed E-state index contributed by atoms with van der Waals surface area (Å²) >= 11 is 0. The van der Waals surface area contributed by atoms with Gasteiger partial charge in [0.05, 0.1) is 0 Å². The van der Waals surface area contributed by atoms with Crippen LogP contribution in [0.3, 0.4) is 0 Å². The van der Waals surface area contributed by atoms with E-state index in [1.807, 2.05) is 30.3 Å². The van der Waals surface area contributed by atoms with Gasteiger partial charge < -0.3 is 5.32 Å². The van der Waals surface area contributed by atoms with Gasteiger partial charge in [-0.3, -0.25) is 14.5 Å². The predicted molar refractivity (Wildman–Crippen MR) is 74.4 cm³/mol. The summed E-state index contributed by atoms with van der Waals surface area (Å²) in [6.45, 7) is 2.09. The van der Waals surface area contributed by atoms with Crippen molar-refractivity contribution in [2.24, 2.45) is 0 Å². The Kier molecular flexibility index (Phi) is 4.34. The first-order valence-electron chi connectivity index (χ1n) is 6.59. The van der Waals surface area contributed by atoms with Crippen LogP contribution in [0.1, 0.15) is 26.2 Å². The Bertz CT molecular complexity index is 464. The number of benzene rings is 1. The van der Waals surface area contributed by atoms with E-state index in [1.54, 1.807) is 0 Å². The monoisotopic (exact) mass is 258 g/mol. The summed E-state index contributed by atoms with van der Waals surface area (Å²) in [4.78, 5) is 24.8. The third-order valence-electron chi connectivity index (χ3n) is 3.09. The van der Waals surface area contributed by atoms with Crippen LogP contribution >= 0.6 is 0 Å². The lowest BCUT2D eigenvalue weighted by Gasteiger charge is -2.28. The van der Waals surface area contributed by atoms with E-state index in [2.05, 4.69) is 12.2 Å². The summed E-state index contributed by atoms with van der Waals surface area (Å²) in [5.41, 5.74) is 0.913. The van der Waals surface area contributed by atoms with Crippen molar-refractivity contribution in [2.45, 2.75) is 32.4 Å². The molecule has 0 radical (unpaired) electrons. The topological polar surface area (TPSA) is 49.4 Å². The lowest BCUT2D eigenvalue weighted by Crippen LogP contribution is -2.44. The van der Waals surface area contributed by atoms with Crippen LogP contribution in [-0.4, -0.2) is 22.9 Å². The highest BCUT2D eigenvalue weighted by molar-refractivity contribution is 6.13. The van der Waals surface area contributed by atoms with Gasteiger partial charge >= 0.3 is 0 Å². The van der Waals surface area contributed by atoms with E-state index in [0.29, 0.717) is 0 Å². The average Bonchev–Trinajstić information content (AvgIpc) is 2.75. The highest BCUT2D eigenvalue weighted by Crippen LogP contribution is 2.17. The molecular formula is C15H18N2O2. The van der Waals surface area contributed by atoms with Crippen molar-refractivity contribution in [3.8, 4) is 0 Å². The summed E-state index contributed by atoms with van der Waals surface area (Å²) in [6, 6.07) is 9.63. The Balaban J connectivity index is 2.12. The Morgan fingerprint density at radius 1 is 1.11 bits per heavy atom. The molecule has 1 aromatic carbocycles. The fraction of sp³-hybridized carbons (Fsp3) is 0.333. The first-order chi connectivity index (χ1) is 9.22. The van der Waals surface area contributed by atoms with Crippen LogP contribution in [0.15, 0.2) is 42.5 Å². The van der Waals surface area contributed by atoms with E-state index in [1.165, 1.54) is 17.1 Å². The van der Waals surface area contributed by atoms with Crippen LogP contribution < -0.4 is 5.32 Å². The number of nitrogens with one attached hydrogen (secondary N) is 1. The van der Waals surface area contributed by atoms with E-state index in [0.717, 1.165) is 24.9 Å². The number of imide groups is 1. The summed E-state index contributed by atoms with van der Waals surface area (Å²) in [7, 11) is 0. The number of amides is 2. The molecule has 0 spiro atoms. The molecule has 0 aromatic heterocycles. The van der Waals surface area contributed by atoms with Crippen LogP contribution in [0, 0.1) is 0 Å². The number of hydrogen-bond donors (Lipinski definition) is 1. The van der Waals surface area contributed by atoms with Gasteiger partial charge in [-0.2, -0.15) is 0 Å². The van der Waals surface area contributed by atoms with Crippen molar-refractivity contribution in [1.82, 2.24) is 4.90 Å². The average molecular weight is 258 g/mol. The first-order valence-corrected chi connectivity index (χ1v) is 6.59. The van der Waals surface area contributed by atoms with E-state index < -0.39 is 0 Å². The van der Waals surface area contributed by atoms with Gasteiger partial charge in [0.2, 0.25) is 0 Å². The lowest BCUT2D eigenvalue weighted by atomic mass is 10.2. The second-order valence-electron chi connectivity index (χ2n) is 4.55. The SMILES string of the molecule is CCCCC(Nc1ccccc1)N1C(=O)C=CC1=O. The molecule has 1 aromatic rings. The maximum absolute atomic E-state index is 11.8. The van der Waals surface area contributed by atoms with Gasteiger partial charge in [0.25, 0.3) is 11.8 Å². The first kappa shape index (κ1) is 13.3. The summed E-state index contributed by atoms with van der Waals surface area (Å²) in [6.07, 6.45) is 5.11. The number of nitrogens with zero attached hydrogens (tertiary/aromatic N) is 1. The van der Waals surface area contributed by atoms with Crippen LogP contribution in [0.25, 0.3) is 0 Å². The fourth-order valence-corrected chi connectivity index (χ4v) is 2.11. The Morgan fingerprint density at radius 2 is 1.74 bits per heavy atom. The zero-order valence-corrected chi connectivity index (χ0v) is 11.0. The van der Waals surface area contributed by atoms with Crippen molar-refractivity contribution >= 4 is 17.5 Å². The predicted octanol–water partition coefficient (Wildman–Crippen LogP) is 2.54. The van der Waals surface area contributed by atoms with Crippen LogP contribution in [0.5, 0.6) is 0 Å². The minimum Gasteiger partial charge on any atom is -0.365 e. The van der Waals surface area contributed by atoms with Gasteiger partial charge in [0, 0.05) is 17.8 Å². The fourth-order valence-electron chi connectivity index (χ4n) is 2.11. The summed E-state index contributed by atoms with van der Waals surface area (Å²) in [5.74, 6) is -0.482. The number of unbranched alkanes of at least 4 members (excludes halogenated alkanes) is 1. The molecule has 0 fully saturated rings. The standard InChI is InChI=1S/C15H18N2O2/c1-2-3-9-13(16-12-7-5-4-6-8-12)17-14(18)10-11-15(17)19/h4-8,10-11,13,16H,2-3,9H2,1H3. The molecule has 0 bridgehead atoms. The molecule has 1 aliphatic rings. The molecule has 0 saturated carbocycles.